The summed E-state index contributed by atoms with van der Waals surface area (Å²) in [5.41, 5.74) is 1.00. The Bertz CT molecular complexity index is 107. The maximum Gasteiger partial charge on any atom is 0.0296 e. The van der Waals surface area contributed by atoms with Crippen LogP contribution in [-0.2, 0) is 0 Å². The van der Waals surface area contributed by atoms with Gasteiger partial charge in [0.2, 0.25) is 0 Å². The monoisotopic (exact) mass is 168 g/mol. The first kappa shape index (κ1) is 9.31. The van der Waals surface area contributed by atoms with Crippen LogP contribution < -0.4 is 0 Å². The quantitative estimate of drug-likeness (QED) is 0.528. The van der Waals surface area contributed by atoms with Crippen LogP contribution in [0.25, 0.3) is 0 Å². The Kier molecular flexibility index (Phi) is 3.17. The van der Waals surface area contributed by atoms with E-state index in [-0.39, 0.29) is 9.52 Å². The molecule has 0 aromatic rings. The predicted octanol–water partition coefficient (Wildman–Crippen LogP) is 2.75. The van der Waals surface area contributed by atoms with Gasteiger partial charge in [0, 0.05) is 9.52 Å². The lowest BCUT2D eigenvalue weighted by Gasteiger charge is -2.27. The molecule has 1 atom stereocenters. The first-order valence-electron chi connectivity index (χ1n) is 4.73. The fraction of sp³-hybridized carbons (Fsp3) is 0.800. The molecule has 1 aliphatic rings. The molecule has 1 heteroatoms. The molecule has 0 nitrogen and oxygen atoms in total. The Morgan fingerprint density at radius 2 is 2.00 bits per heavy atom. The van der Waals surface area contributed by atoms with Crippen molar-refractivity contribution in [3.8, 4) is 0 Å². The molecule has 0 aromatic heterocycles. The van der Waals surface area contributed by atoms with E-state index < -0.39 is 0 Å². The van der Waals surface area contributed by atoms with Crippen LogP contribution in [0, 0.1) is 12.8 Å². The Labute approximate surface area is 73.6 Å². The first-order valence-corrected chi connectivity index (χ1v) is 6.25. The fourth-order valence-corrected chi connectivity index (χ4v) is 4.21. The minimum atomic E-state index is 0.117. The van der Waals surface area contributed by atoms with Crippen molar-refractivity contribution in [3.63, 3.8) is 0 Å². The zero-order valence-electron chi connectivity index (χ0n) is 8.06. The van der Waals surface area contributed by atoms with Crippen LogP contribution in [0.3, 0.4) is 0 Å². The normalized spacial score (nSPS) is 23.2. The summed E-state index contributed by atoms with van der Waals surface area (Å²) in [6, 6.07) is 0. The highest BCUT2D eigenvalue weighted by molar-refractivity contribution is 6.42. The van der Waals surface area contributed by atoms with E-state index in [1.165, 1.54) is 19.3 Å². The highest BCUT2D eigenvalue weighted by atomic mass is 28.2. The van der Waals surface area contributed by atoms with Crippen molar-refractivity contribution in [2.45, 2.75) is 50.6 Å². The van der Waals surface area contributed by atoms with Crippen LogP contribution in [-0.4, -0.2) is 9.52 Å². The van der Waals surface area contributed by atoms with Crippen LogP contribution in [0.5, 0.6) is 0 Å². The summed E-state index contributed by atoms with van der Waals surface area (Å²) in [5, 5.41) is 0.645. The van der Waals surface area contributed by atoms with Crippen molar-refractivity contribution in [3.05, 3.63) is 12.8 Å². The van der Waals surface area contributed by atoms with E-state index in [0.717, 1.165) is 5.54 Å². The molecule has 0 amide bonds. The van der Waals surface area contributed by atoms with Crippen LogP contribution in [0.4, 0.5) is 0 Å². The maximum absolute atomic E-state index is 2.57. The van der Waals surface area contributed by atoms with E-state index in [1.54, 1.807) is 0 Å². The Hall–Kier alpha value is 0.217. The summed E-state index contributed by atoms with van der Waals surface area (Å²) in [5.74, 6) is 0. The van der Waals surface area contributed by atoms with Crippen molar-refractivity contribution >= 4 is 9.52 Å². The second-order valence-electron chi connectivity index (χ2n) is 4.86. The smallest absolute Gasteiger partial charge is 0.0296 e. The SMILES string of the molecule is CC(C)(C)[SiH2]C1[CH]CC[CH]C1. The van der Waals surface area contributed by atoms with Crippen LogP contribution in [0.1, 0.15) is 40.0 Å². The maximum atomic E-state index is 2.57. The summed E-state index contributed by atoms with van der Waals surface area (Å²) in [6.45, 7) is 7.17. The van der Waals surface area contributed by atoms with Gasteiger partial charge in [-0.25, -0.2) is 0 Å². The van der Waals surface area contributed by atoms with Crippen molar-refractivity contribution in [2.75, 3.05) is 0 Å². The van der Waals surface area contributed by atoms with Crippen LogP contribution in [0.15, 0.2) is 0 Å². The molecule has 0 spiro atoms. The molecule has 0 saturated heterocycles. The lowest BCUT2D eigenvalue weighted by atomic mass is 10.0. The molecule has 0 heterocycles. The zero-order valence-corrected chi connectivity index (χ0v) is 9.47. The lowest BCUT2D eigenvalue weighted by molar-refractivity contribution is 0.670. The lowest BCUT2D eigenvalue weighted by Crippen LogP contribution is -2.17. The second kappa shape index (κ2) is 3.75. The summed E-state index contributed by atoms with van der Waals surface area (Å²) in [6.07, 6.45) is 9.09. The van der Waals surface area contributed by atoms with E-state index in [2.05, 4.69) is 33.6 Å². The molecule has 64 valence electrons. The largest absolute Gasteiger partial charge is 0.0631 e. The number of rotatable bonds is 1. The molecule has 1 saturated carbocycles. The van der Waals surface area contributed by atoms with Gasteiger partial charge in [-0.3, -0.25) is 0 Å². The van der Waals surface area contributed by atoms with Gasteiger partial charge in [-0.05, 0) is 42.7 Å². The molecule has 0 aliphatic heterocycles. The molecule has 0 N–H and O–H groups in total. The van der Waals surface area contributed by atoms with Gasteiger partial charge in [0.1, 0.15) is 0 Å². The van der Waals surface area contributed by atoms with Gasteiger partial charge in [-0.15, -0.1) is 0 Å². The topological polar surface area (TPSA) is 0 Å². The van der Waals surface area contributed by atoms with E-state index in [1.807, 2.05) is 0 Å². The van der Waals surface area contributed by atoms with Gasteiger partial charge in [-0.2, -0.15) is 0 Å². The Morgan fingerprint density at radius 3 is 2.45 bits per heavy atom. The summed E-state index contributed by atoms with van der Waals surface area (Å²) in [7, 11) is 0.117. The van der Waals surface area contributed by atoms with E-state index >= 15 is 0 Å². The minimum Gasteiger partial charge on any atom is -0.0631 e. The van der Waals surface area contributed by atoms with E-state index in [0.29, 0.717) is 5.04 Å². The van der Waals surface area contributed by atoms with Gasteiger partial charge >= 0.3 is 0 Å². The minimum absolute atomic E-state index is 0.117. The predicted molar refractivity (Wildman–Crippen MR) is 54.5 cm³/mol. The Morgan fingerprint density at radius 1 is 1.27 bits per heavy atom. The highest BCUT2D eigenvalue weighted by Crippen LogP contribution is 2.34. The van der Waals surface area contributed by atoms with Gasteiger partial charge in [0.15, 0.2) is 0 Å². The molecule has 2 radical (unpaired) electrons. The van der Waals surface area contributed by atoms with Gasteiger partial charge in [-0.1, -0.05) is 20.8 Å². The van der Waals surface area contributed by atoms with Crippen molar-refractivity contribution < 1.29 is 0 Å². The van der Waals surface area contributed by atoms with E-state index in [9.17, 15) is 0 Å². The highest BCUT2D eigenvalue weighted by Gasteiger charge is 2.21. The van der Waals surface area contributed by atoms with Crippen molar-refractivity contribution in [1.29, 1.82) is 0 Å². The third kappa shape index (κ3) is 3.95. The molecular weight excluding hydrogens is 148 g/mol. The summed E-state index contributed by atoms with van der Waals surface area (Å²) >= 11 is 0. The average Bonchev–Trinajstić information content (AvgIpc) is 1.85. The molecule has 1 unspecified atom stereocenters. The zero-order chi connectivity index (χ0) is 8.32. The van der Waals surface area contributed by atoms with Crippen LogP contribution in [0.2, 0.25) is 10.6 Å². The van der Waals surface area contributed by atoms with E-state index in [4.69, 9.17) is 0 Å². The standard InChI is InChI=1S/C10H20Si/c1-10(2,3)11-9-7-5-4-6-8-9/h5,8-9H,4,6-7,11H2,1-3H3. The summed E-state index contributed by atoms with van der Waals surface area (Å²) in [4.78, 5) is 0. The van der Waals surface area contributed by atoms with Crippen molar-refractivity contribution in [1.82, 2.24) is 0 Å². The molecule has 0 bridgehead atoms. The molecular formula is C10H20Si. The second-order valence-corrected chi connectivity index (χ2v) is 8.44. The molecule has 1 fully saturated rings. The number of hydrogen-bond acceptors (Lipinski definition) is 0. The molecule has 1 aliphatic carbocycles. The average molecular weight is 168 g/mol. The third-order valence-corrected chi connectivity index (χ3v) is 4.63. The molecule has 1 rings (SSSR count). The number of hydrogen-bond donors (Lipinski definition) is 0. The molecule has 0 aromatic carbocycles. The first-order chi connectivity index (χ1) is 5.08. The summed E-state index contributed by atoms with van der Waals surface area (Å²) < 4.78 is 0. The van der Waals surface area contributed by atoms with Gasteiger partial charge < -0.3 is 0 Å². The van der Waals surface area contributed by atoms with Gasteiger partial charge in [0.25, 0.3) is 0 Å². The van der Waals surface area contributed by atoms with Gasteiger partial charge in [0.05, 0.1) is 0 Å². The fourth-order valence-electron chi connectivity index (χ4n) is 1.83. The molecule has 11 heavy (non-hydrogen) atoms. The third-order valence-electron chi connectivity index (χ3n) is 2.21. The van der Waals surface area contributed by atoms with Crippen LogP contribution >= 0.6 is 0 Å². The van der Waals surface area contributed by atoms with Crippen molar-refractivity contribution in [2.24, 2.45) is 0 Å². The Balaban J connectivity index is 2.24.